The van der Waals surface area contributed by atoms with Gasteiger partial charge in [-0.05, 0) is 53.8 Å². The van der Waals surface area contributed by atoms with Crippen molar-refractivity contribution >= 4 is 23.4 Å². The minimum Gasteiger partial charge on any atom is -0.390 e. The molecule has 4 N–H and O–H groups in total. The Kier molecular flexibility index (Phi) is 10.1. The summed E-state index contributed by atoms with van der Waals surface area (Å²) in [7, 11) is 0. The Morgan fingerprint density at radius 2 is 1.82 bits per heavy atom. The predicted octanol–water partition coefficient (Wildman–Crippen LogP) is 4.27. The van der Waals surface area contributed by atoms with Crippen LogP contribution in [0.5, 0.6) is 0 Å². The largest absolute Gasteiger partial charge is 0.390 e. The van der Waals surface area contributed by atoms with Gasteiger partial charge >= 0.3 is 0 Å². The van der Waals surface area contributed by atoms with Gasteiger partial charge < -0.3 is 25.8 Å². The van der Waals surface area contributed by atoms with Crippen molar-refractivity contribution in [3.8, 4) is 0 Å². The first-order valence-electron chi connectivity index (χ1n) is 12.7. The SMILES string of the molecule is CCc1cccc(CNC[C@H](O)[C@@H](Cc2cc(F)cc(F)c2)NC(=O)COCC2Nc3ccccc3S2)c1. The Labute approximate surface area is 226 Å². The zero-order valence-corrected chi connectivity index (χ0v) is 22.1. The Hall–Kier alpha value is -2.98. The number of hydrogen-bond acceptors (Lipinski definition) is 6. The lowest BCUT2D eigenvalue weighted by Gasteiger charge is -2.25. The quantitative estimate of drug-likeness (QED) is 0.259. The molecule has 0 saturated carbocycles. The summed E-state index contributed by atoms with van der Waals surface area (Å²) in [5.41, 5.74) is 3.68. The van der Waals surface area contributed by atoms with Gasteiger partial charge in [0.1, 0.15) is 23.6 Å². The first kappa shape index (κ1) is 28.0. The van der Waals surface area contributed by atoms with E-state index in [1.807, 2.05) is 36.4 Å². The molecule has 0 spiro atoms. The number of aliphatic hydroxyl groups excluding tert-OH is 1. The van der Waals surface area contributed by atoms with Crippen molar-refractivity contribution in [3.05, 3.63) is 95.1 Å². The fourth-order valence-corrected chi connectivity index (χ4v) is 5.43. The Morgan fingerprint density at radius 1 is 1.05 bits per heavy atom. The third kappa shape index (κ3) is 8.26. The number of anilines is 1. The molecule has 6 nitrogen and oxygen atoms in total. The van der Waals surface area contributed by atoms with Gasteiger partial charge in [-0.2, -0.15) is 0 Å². The summed E-state index contributed by atoms with van der Waals surface area (Å²) in [4.78, 5) is 13.8. The van der Waals surface area contributed by atoms with Gasteiger partial charge in [0.25, 0.3) is 0 Å². The van der Waals surface area contributed by atoms with Crippen molar-refractivity contribution in [2.75, 3.05) is 25.1 Å². The highest BCUT2D eigenvalue weighted by Crippen LogP contribution is 2.37. The molecule has 3 aromatic carbocycles. The van der Waals surface area contributed by atoms with Gasteiger partial charge in [0.15, 0.2) is 0 Å². The molecule has 1 heterocycles. The number of ether oxygens (including phenoxy) is 1. The van der Waals surface area contributed by atoms with Crippen LogP contribution in [0.15, 0.2) is 71.6 Å². The van der Waals surface area contributed by atoms with Crippen LogP contribution in [0.2, 0.25) is 0 Å². The van der Waals surface area contributed by atoms with E-state index >= 15 is 0 Å². The van der Waals surface area contributed by atoms with Crippen LogP contribution in [0.4, 0.5) is 14.5 Å². The number of hydrogen-bond donors (Lipinski definition) is 4. The number of thioether (sulfide) groups is 1. The van der Waals surface area contributed by atoms with Crippen molar-refractivity contribution in [2.45, 2.75) is 48.7 Å². The van der Waals surface area contributed by atoms with E-state index in [0.29, 0.717) is 18.7 Å². The van der Waals surface area contributed by atoms with Crippen molar-refractivity contribution in [2.24, 2.45) is 0 Å². The Bertz CT molecular complexity index is 1180. The Balaban J connectivity index is 1.31. The van der Waals surface area contributed by atoms with Gasteiger partial charge in [-0.1, -0.05) is 55.1 Å². The van der Waals surface area contributed by atoms with Crippen LogP contribution in [0.3, 0.4) is 0 Å². The lowest BCUT2D eigenvalue weighted by atomic mass is 10.0. The average molecular weight is 542 g/mol. The number of amides is 1. The van der Waals surface area contributed by atoms with Gasteiger partial charge in [0, 0.05) is 29.7 Å². The molecule has 1 aliphatic heterocycles. The maximum Gasteiger partial charge on any atom is 0.246 e. The molecule has 0 saturated heterocycles. The van der Waals surface area contributed by atoms with E-state index in [9.17, 15) is 18.7 Å². The second-order valence-electron chi connectivity index (χ2n) is 9.29. The minimum atomic E-state index is -0.999. The van der Waals surface area contributed by atoms with Gasteiger partial charge in [-0.25, -0.2) is 8.78 Å². The van der Waals surface area contributed by atoms with E-state index in [1.165, 1.54) is 17.7 Å². The van der Waals surface area contributed by atoms with Crippen molar-refractivity contribution in [1.29, 1.82) is 0 Å². The average Bonchev–Trinajstić information content (AvgIpc) is 3.30. The van der Waals surface area contributed by atoms with Crippen LogP contribution >= 0.6 is 11.8 Å². The maximum atomic E-state index is 13.8. The fourth-order valence-electron chi connectivity index (χ4n) is 4.36. The molecule has 4 rings (SSSR count). The number of benzene rings is 3. The zero-order valence-electron chi connectivity index (χ0n) is 21.3. The lowest BCUT2D eigenvalue weighted by Crippen LogP contribution is -2.49. The summed E-state index contributed by atoms with van der Waals surface area (Å²) in [5, 5.41) is 20.2. The summed E-state index contributed by atoms with van der Waals surface area (Å²) in [6.45, 7) is 2.92. The summed E-state index contributed by atoms with van der Waals surface area (Å²) in [6.07, 6.45) is -0.00962. The standard InChI is InChI=1S/C29H33F2N3O3S/c1-2-19-6-5-7-20(10-19)15-32-16-26(35)25(13-21-11-22(30)14-23(31)12-21)33-28(36)17-37-18-29-34-24-8-3-4-9-27(24)38-29/h3-12,14,25-26,29,32,34-35H,2,13,15-18H2,1H3,(H,33,36)/t25-,26+,29?/m1/s1. The van der Waals surface area contributed by atoms with Gasteiger partial charge in [0.2, 0.25) is 5.91 Å². The van der Waals surface area contributed by atoms with Crippen LogP contribution in [-0.4, -0.2) is 48.3 Å². The van der Waals surface area contributed by atoms with E-state index in [2.05, 4.69) is 35.0 Å². The molecule has 202 valence electrons. The molecule has 3 atom stereocenters. The van der Waals surface area contributed by atoms with Crippen LogP contribution < -0.4 is 16.0 Å². The topological polar surface area (TPSA) is 82.6 Å². The first-order chi connectivity index (χ1) is 18.4. The fraction of sp³-hybridized carbons (Fsp3) is 0.345. The molecule has 3 aromatic rings. The normalized spacial score (nSPS) is 15.9. The number of nitrogens with one attached hydrogen (secondary N) is 3. The van der Waals surface area contributed by atoms with Crippen LogP contribution in [0, 0.1) is 11.6 Å². The predicted molar refractivity (Wildman–Crippen MR) is 146 cm³/mol. The first-order valence-corrected chi connectivity index (χ1v) is 13.6. The number of carbonyl (C=O) groups excluding carboxylic acids is 1. The molecule has 1 amide bonds. The lowest BCUT2D eigenvalue weighted by molar-refractivity contribution is -0.127. The Morgan fingerprint density at radius 3 is 2.58 bits per heavy atom. The van der Waals surface area contributed by atoms with E-state index in [1.54, 1.807) is 11.8 Å². The second-order valence-corrected chi connectivity index (χ2v) is 10.5. The van der Waals surface area contributed by atoms with Crippen LogP contribution in [0.1, 0.15) is 23.6 Å². The smallest absolute Gasteiger partial charge is 0.246 e. The number of fused-ring (bicyclic) bond motifs is 1. The van der Waals surface area contributed by atoms with Crippen LogP contribution in [-0.2, 0) is 28.9 Å². The molecule has 38 heavy (non-hydrogen) atoms. The monoisotopic (exact) mass is 541 g/mol. The highest BCUT2D eigenvalue weighted by Gasteiger charge is 2.24. The molecule has 0 bridgehead atoms. The number of carbonyl (C=O) groups is 1. The summed E-state index contributed by atoms with van der Waals surface area (Å²) in [6, 6.07) is 18.5. The van der Waals surface area contributed by atoms with E-state index in [4.69, 9.17) is 4.74 Å². The molecule has 9 heteroatoms. The highest BCUT2D eigenvalue weighted by molar-refractivity contribution is 8.00. The number of para-hydroxylation sites is 1. The third-order valence-corrected chi connectivity index (χ3v) is 7.39. The number of aliphatic hydroxyl groups is 1. The maximum absolute atomic E-state index is 13.8. The zero-order chi connectivity index (χ0) is 26.9. The van der Waals surface area contributed by atoms with Crippen molar-refractivity contribution < 1.29 is 23.4 Å². The van der Waals surface area contributed by atoms with Crippen molar-refractivity contribution in [1.82, 2.24) is 10.6 Å². The third-order valence-electron chi connectivity index (χ3n) is 6.25. The molecular weight excluding hydrogens is 508 g/mol. The second kappa shape index (κ2) is 13.7. The summed E-state index contributed by atoms with van der Waals surface area (Å²) < 4.78 is 33.2. The number of halogens is 2. The summed E-state index contributed by atoms with van der Waals surface area (Å²) >= 11 is 1.63. The molecular formula is C29H33F2N3O3S. The molecule has 0 aromatic heterocycles. The highest BCUT2D eigenvalue weighted by atomic mass is 32.2. The number of rotatable bonds is 13. The van der Waals surface area contributed by atoms with Crippen molar-refractivity contribution in [3.63, 3.8) is 0 Å². The molecule has 1 aliphatic rings. The van der Waals surface area contributed by atoms with Gasteiger partial charge in [0.05, 0.1) is 18.8 Å². The van der Waals surface area contributed by atoms with E-state index < -0.39 is 29.7 Å². The molecule has 0 aliphatic carbocycles. The summed E-state index contributed by atoms with van der Waals surface area (Å²) in [5.74, 6) is -1.83. The van der Waals surface area contributed by atoms with E-state index in [-0.39, 0.29) is 24.9 Å². The molecule has 0 fully saturated rings. The number of aryl methyl sites for hydroxylation is 1. The van der Waals surface area contributed by atoms with E-state index in [0.717, 1.165) is 28.6 Å². The molecule has 0 radical (unpaired) electrons. The van der Waals surface area contributed by atoms with Crippen LogP contribution in [0.25, 0.3) is 0 Å². The molecule has 1 unspecified atom stereocenters. The van der Waals surface area contributed by atoms with Gasteiger partial charge in [-0.3, -0.25) is 4.79 Å². The minimum absolute atomic E-state index is 0.00716. The van der Waals surface area contributed by atoms with Gasteiger partial charge in [-0.15, -0.1) is 0 Å².